The van der Waals surface area contributed by atoms with Crippen LogP contribution in [0.15, 0.2) is 24.3 Å². The molecular weight excluding hydrogens is 445 g/mol. The number of rotatable bonds is 4. The number of piperazine rings is 1. The van der Waals surface area contributed by atoms with E-state index in [-0.39, 0.29) is 30.7 Å². The average Bonchev–Trinajstić information content (AvgIpc) is 2.63. The van der Waals surface area contributed by atoms with Gasteiger partial charge in [-0.15, -0.1) is 24.8 Å². The summed E-state index contributed by atoms with van der Waals surface area (Å²) >= 11 is 5.92. The number of piperidine rings is 1. The fraction of sp³-hybridized carbons (Fsp3) is 0.611. The molecule has 0 radical (unpaired) electrons. The van der Waals surface area contributed by atoms with Gasteiger partial charge in [-0.05, 0) is 43.6 Å². The lowest BCUT2D eigenvalue weighted by molar-refractivity contribution is -0.136. The number of amides is 1. The number of benzene rings is 1. The number of carbonyl (C=O) groups excluding carboxylic acids is 1. The third-order valence-corrected chi connectivity index (χ3v) is 7.74. The number of nitrogens with one attached hydrogen (secondary N) is 1. The lowest BCUT2D eigenvalue weighted by Crippen LogP contribution is -2.61. The zero-order chi connectivity index (χ0) is 18.8. The maximum atomic E-state index is 13.1. The van der Waals surface area contributed by atoms with Gasteiger partial charge < -0.3 is 10.2 Å². The van der Waals surface area contributed by atoms with Crippen molar-refractivity contribution < 1.29 is 13.2 Å². The monoisotopic (exact) mass is 471 g/mol. The van der Waals surface area contributed by atoms with E-state index in [1.807, 2.05) is 24.3 Å². The topological polar surface area (TPSA) is 69.7 Å². The molecule has 2 heterocycles. The van der Waals surface area contributed by atoms with Crippen molar-refractivity contribution in [3.05, 3.63) is 34.9 Å². The molecule has 2 saturated heterocycles. The fourth-order valence-corrected chi connectivity index (χ4v) is 5.34. The molecule has 1 aromatic rings. The molecule has 3 rings (SSSR count). The Morgan fingerprint density at radius 3 is 2.11 bits per heavy atom. The van der Waals surface area contributed by atoms with E-state index in [9.17, 15) is 13.2 Å². The summed E-state index contributed by atoms with van der Waals surface area (Å²) in [7, 11) is -3.46. The summed E-state index contributed by atoms with van der Waals surface area (Å²) in [6.07, 6.45) is 1.91. The van der Waals surface area contributed by atoms with Crippen LogP contribution in [0.5, 0.6) is 0 Å². The predicted molar refractivity (Wildman–Crippen MR) is 117 cm³/mol. The first-order valence-corrected chi connectivity index (χ1v) is 11.3. The van der Waals surface area contributed by atoms with E-state index in [1.165, 1.54) is 11.8 Å². The van der Waals surface area contributed by atoms with Gasteiger partial charge in [-0.1, -0.05) is 23.7 Å². The zero-order valence-corrected chi connectivity index (χ0v) is 19.1. The molecule has 0 unspecified atom stereocenters. The molecule has 28 heavy (non-hydrogen) atoms. The highest BCUT2D eigenvalue weighted by molar-refractivity contribution is 7.92. The lowest BCUT2D eigenvalue weighted by Gasteiger charge is -2.42. The molecular formula is C18H28Cl3N3O3S. The quantitative estimate of drug-likeness (QED) is 0.726. The van der Waals surface area contributed by atoms with E-state index in [2.05, 4.69) is 10.2 Å². The molecule has 1 N–H and O–H groups in total. The second-order valence-corrected chi connectivity index (χ2v) is 9.97. The first kappa shape index (κ1) is 25.5. The van der Waals surface area contributed by atoms with E-state index in [1.54, 1.807) is 4.90 Å². The van der Waals surface area contributed by atoms with Crippen molar-refractivity contribution in [3.63, 3.8) is 0 Å². The summed E-state index contributed by atoms with van der Waals surface area (Å²) in [4.78, 5) is 17.1. The minimum absolute atomic E-state index is 0. The van der Waals surface area contributed by atoms with Crippen LogP contribution in [0.25, 0.3) is 0 Å². The number of halogens is 3. The minimum Gasteiger partial charge on any atom is -0.339 e. The summed E-state index contributed by atoms with van der Waals surface area (Å²) in [5.41, 5.74) is 1.18. The van der Waals surface area contributed by atoms with Crippen LogP contribution in [0.3, 0.4) is 0 Å². The van der Waals surface area contributed by atoms with Gasteiger partial charge in [0.2, 0.25) is 5.91 Å². The normalized spacial score (nSPS) is 20.0. The fourth-order valence-electron chi connectivity index (χ4n) is 3.82. The molecule has 0 aliphatic carbocycles. The molecule has 0 spiro atoms. The number of hydrogen-bond donors (Lipinski definition) is 1. The standard InChI is InChI=1S/C18H26ClN3O3S.2ClH/c1-26(24,25)18(6-8-20-9-7-18)17(23)22-12-10-21(11-13-22)14-15-2-4-16(19)5-3-15;;/h2-5,20H,6-14H2,1H3;2*1H. The second-order valence-electron chi connectivity index (χ2n) is 7.21. The first-order valence-electron chi connectivity index (χ1n) is 8.98. The Hall–Kier alpha value is -0.570. The molecule has 1 aromatic carbocycles. The van der Waals surface area contributed by atoms with Crippen molar-refractivity contribution in [3.8, 4) is 0 Å². The summed E-state index contributed by atoms with van der Waals surface area (Å²) < 4.78 is 23.6. The van der Waals surface area contributed by atoms with Gasteiger partial charge in [0.1, 0.15) is 0 Å². The number of hydrogen-bond acceptors (Lipinski definition) is 5. The van der Waals surface area contributed by atoms with Crippen LogP contribution in [0, 0.1) is 0 Å². The Morgan fingerprint density at radius 1 is 1.07 bits per heavy atom. The Kier molecular flexibility index (Phi) is 9.51. The van der Waals surface area contributed by atoms with Crippen LogP contribution < -0.4 is 5.32 Å². The Labute approximate surface area is 184 Å². The summed E-state index contributed by atoms with van der Waals surface area (Å²) in [5, 5.41) is 3.87. The van der Waals surface area contributed by atoms with Crippen molar-refractivity contribution in [2.75, 3.05) is 45.5 Å². The molecule has 0 saturated carbocycles. The van der Waals surface area contributed by atoms with Gasteiger partial charge in [0.15, 0.2) is 14.6 Å². The molecule has 1 amide bonds. The number of nitrogens with zero attached hydrogens (tertiary/aromatic N) is 2. The van der Waals surface area contributed by atoms with Crippen molar-refractivity contribution in [2.45, 2.75) is 24.1 Å². The van der Waals surface area contributed by atoms with E-state index in [0.717, 1.165) is 24.7 Å². The van der Waals surface area contributed by atoms with Gasteiger partial charge in [-0.2, -0.15) is 0 Å². The molecule has 0 aromatic heterocycles. The number of sulfone groups is 1. The van der Waals surface area contributed by atoms with Crippen molar-refractivity contribution in [2.24, 2.45) is 0 Å². The van der Waals surface area contributed by atoms with E-state index < -0.39 is 14.6 Å². The molecule has 10 heteroatoms. The smallest absolute Gasteiger partial charge is 0.244 e. The minimum atomic E-state index is -3.46. The highest BCUT2D eigenvalue weighted by atomic mass is 35.5. The van der Waals surface area contributed by atoms with Crippen LogP contribution in [0.2, 0.25) is 5.02 Å². The summed E-state index contributed by atoms with van der Waals surface area (Å²) in [5.74, 6) is -0.215. The van der Waals surface area contributed by atoms with Gasteiger partial charge in [-0.3, -0.25) is 9.69 Å². The Bertz CT molecular complexity index is 745. The van der Waals surface area contributed by atoms with Gasteiger partial charge in [0.25, 0.3) is 0 Å². The molecule has 2 fully saturated rings. The van der Waals surface area contributed by atoms with Gasteiger partial charge in [0.05, 0.1) is 0 Å². The van der Waals surface area contributed by atoms with Crippen molar-refractivity contribution >= 4 is 52.2 Å². The lowest BCUT2D eigenvalue weighted by atomic mass is 9.94. The predicted octanol–water partition coefficient (Wildman–Crippen LogP) is 1.99. The summed E-state index contributed by atoms with van der Waals surface area (Å²) in [6.45, 7) is 4.55. The number of carbonyl (C=O) groups is 1. The SMILES string of the molecule is CS(=O)(=O)C1(C(=O)N2CCN(Cc3ccc(Cl)cc3)CC2)CCNCC1.Cl.Cl. The van der Waals surface area contributed by atoms with E-state index in [4.69, 9.17) is 11.6 Å². The molecule has 160 valence electrons. The highest BCUT2D eigenvalue weighted by Crippen LogP contribution is 2.30. The third kappa shape index (κ3) is 5.52. The van der Waals surface area contributed by atoms with E-state index in [0.29, 0.717) is 39.0 Å². The third-order valence-electron chi connectivity index (χ3n) is 5.49. The molecule has 6 nitrogen and oxygen atoms in total. The average molecular weight is 473 g/mol. The second kappa shape index (κ2) is 10.5. The van der Waals surface area contributed by atoms with Crippen LogP contribution in [0.4, 0.5) is 0 Å². The maximum Gasteiger partial charge on any atom is 0.244 e. The molecule has 2 aliphatic rings. The maximum absolute atomic E-state index is 13.1. The van der Waals surface area contributed by atoms with E-state index >= 15 is 0 Å². The van der Waals surface area contributed by atoms with Crippen molar-refractivity contribution in [1.82, 2.24) is 15.1 Å². The highest BCUT2D eigenvalue weighted by Gasteiger charge is 2.50. The Morgan fingerprint density at radius 2 is 1.61 bits per heavy atom. The first-order chi connectivity index (χ1) is 12.3. The van der Waals surface area contributed by atoms with Crippen LogP contribution in [-0.4, -0.2) is 74.4 Å². The molecule has 0 bridgehead atoms. The zero-order valence-electron chi connectivity index (χ0n) is 15.9. The Balaban J connectivity index is 0.00000196. The molecule has 0 atom stereocenters. The summed E-state index contributed by atoms with van der Waals surface area (Å²) in [6, 6.07) is 7.77. The van der Waals surface area contributed by atoms with Crippen LogP contribution in [0.1, 0.15) is 18.4 Å². The largest absolute Gasteiger partial charge is 0.339 e. The van der Waals surface area contributed by atoms with Gasteiger partial charge in [0, 0.05) is 44.0 Å². The van der Waals surface area contributed by atoms with Gasteiger partial charge in [-0.25, -0.2) is 8.42 Å². The van der Waals surface area contributed by atoms with Crippen LogP contribution in [-0.2, 0) is 21.2 Å². The van der Waals surface area contributed by atoms with Crippen LogP contribution >= 0.6 is 36.4 Å². The van der Waals surface area contributed by atoms with Gasteiger partial charge >= 0.3 is 0 Å². The molecule has 2 aliphatic heterocycles. The van der Waals surface area contributed by atoms with Crippen molar-refractivity contribution in [1.29, 1.82) is 0 Å².